The number of aromatic nitrogens is 1. The van der Waals surface area contributed by atoms with Gasteiger partial charge in [-0.2, -0.15) is 5.26 Å². The summed E-state index contributed by atoms with van der Waals surface area (Å²) in [5.41, 5.74) is 3.79. The number of hydrogen-bond donors (Lipinski definition) is 2. The van der Waals surface area contributed by atoms with Crippen LogP contribution in [0.1, 0.15) is 30.0 Å². The van der Waals surface area contributed by atoms with E-state index in [0.717, 1.165) is 17.3 Å². The lowest BCUT2D eigenvalue weighted by molar-refractivity contribution is -0.118. The zero-order valence-electron chi connectivity index (χ0n) is 13.2. The fourth-order valence-corrected chi connectivity index (χ4v) is 2.22. The summed E-state index contributed by atoms with van der Waals surface area (Å²) in [4.78, 5) is 15.4. The Bertz CT molecular complexity index is 746. The second-order valence-corrected chi connectivity index (χ2v) is 5.39. The molecule has 2 rings (SSSR count). The molecule has 1 aromatic carbocycles. The molecule has 0 saturated carbocycles. The van der Waals surface area contributed by atoms with Crippen LogP contribution < -0.4 is 10.6 Å². The van der Waals surface area contributed by atoms with E-state index in [2.05, 4.69) is 41.6 Å². The molecule has 0 aliphatic heterocycles. The van der Waals surface area contributed by atoms with Crippen LogP contribution in [-0.4, -0.2) is 24.0 Å². The number of fused-ring (bicyclic) bond motifs is 1. The first kappa shape index (κ1) is 15.8. The van der Waals surface area contributed by atoms with Gasteiger partial charge < -0.3 is 10.6 Å². The fourth-order valence-electron chi connectivity index (χ4n) is 2.22. The van der Waals surface area contributed by atoms with Gasteiger partial charge in [-0.05, 0) is 49.6 Å². The van der Waals surface area contributed by atoms with Gasteiger partial charge in [0.2, 0.25) is 5.91 Å². The molecule has 0 atom stereocenters. The number of nitrogens with zero attached hydrogens (tertiary/aromatic N) is 2. The topological polar surface area (TPSA) is 77.8 Å². The van der Waals surface area contributed by atoms with Gasteiger partial charge in [0.15, 0.2) is 0 Å². The van der Waals surface area contributed by atoms with Crippen LogP contribution in [0.5, 0.6) is 0 Å². The lowest BCUT2D eigenvalue weighted by atomic mass is 10.0. The van der Waals surface area contributed by atoms with Crippen LogP contribution in [-0.2, 0) is 4.79 Å². The molecule has 5 nitrogen and oxygen atoms in total. The van der Waals surface area contributed by atoms with E-state index in [1.807, 2.05) is 12.1 Å². The molecule has 0 aliphatic carbocycles. The second-order valence-electron chi connectivity index (χ2n) is 5.39. The number of aryl methyl sites for hydroxylation is 2. The van der Waals surface area contributed by atoms with Crippen LogP contribution in [0, 0.1) is 25.2 Å². The first-order valence-corrected chi connectivity index (χ1v) is 7.31. The van der Waals surface area contributed by atoms with E-state index in [9.17, 15) is 10.1 Å². The summed E-state index contributed by atoms with van der Waals surface area (Å²) in [5.74, 6) is 0.563. The van der Waals surface area contributed by atoms with Crippen LogP contribution in [0.25, 0.3) is 10.9 Å². The third-order valence-corrected chi connectivity index (χ3v) is 3.57. The molecule has 1 heterocycles. The lowest BCUT2D eigenvalue weighted by Gasteiger charge is -2.10. The van der Waals surface area contributed by atoms with E-state index in [1.54, 1.807) is 0 Å². The predicted octanol–water partition coefficient (Wildman–Crippen LogP) is 2.66. The minimum Gasteiger partial charge on any atom is -0.369 e. The highest BCUT2D eigenvalue weighted by atomic mass is 16.1. The highest BCUT2D eigenvalue weighted by Crippen LogP contribution is 2.23. The fraction of sp³-hybridized carbons (Fsp3) is 0.353. The Morgan fingerprint density at radius 1 is 1.23 bits per heavy atom. The zero-order valence-corrected chi connectivity index (χ0v) is 13.2. The molecular formula is C17H20N4O. The number of carbonyl (C=O) groups is 1. The number of nitriles is 1. The van der Waals surface area contributed by atoms with Crippen molar-refractivity contribution in [3.8, 4) is 6.07 Å². The molecule has 2 N–H and O–H groups in total. The average molecular weight is 296 g/mol. The van der Waals surface area contributed by atoms with Crippen molar-refractivity contribution in [2.75, 3.05) is 18.4 Å². The molecule has 0 radical (unpaired) electrons. The Balaban J connectivity index is 2.16. The molecule has 0 spiro atoms. The molecule has 2 aromatic rings. The summed E-state index contributed by atoms with van der Waals surface area (Å²) in [6, 6.07) is 8.14. The van der Waals surface area contributed by atoms with Crippen LogP contribution in [0.3, 0.4) is 0 Å². The Labute approximate surface area is 130 Å². The average Bonchev–Trinajstić information content (AvgIpc) is 2.47. The Morgan fingerprint density at radius 2 is 1.95 bits per heavy atom. The number of amides is 1. The lowest BCUT2D eigenvalue weighted by Crippen LogP contribution is -2.22. The number of hydrogen-bond acceptors (Lipinski definition) is 4. The summed E-state index contributed by atoms with van der Waals surface area (Å²) >= 11 is 0. The van der Waals surface area contributed by atoms with Gasteiger partial charge in [0.1, 0.15) is 11.9 Å². The minimum atomic E-state index is -0.0348. The van der Waals surface area contributed by atoms with E-state index in [0.29, 0.717) is 24.5 Å². The van der Waals surface area contributed by atoms with Crippen LogP contribution in [0.2, 0.25) is 0 Å². The van der Waals surface area contributed by atoms with Crippen molar-refractivity contribution < 1.29 is 4.79 Å². The van der Waals surface area contributed by atoms with Gasteiger partial charge in [-0.1, -0.05) is 0 Å². The molecule has 0 aliphatic rings. The van der Waals surface area contributed by atoms with Crippen molar-refractivity contribution in [2.45, 2.75) is 27.2 Å². The van der Waals surface area contributed by atoms with E-state index in [-0.39, 0.29) is 5.91 Å². The molecule has 0 fully saturated rings. The first-order valence-electron chi connectivity index (χ1n) is 7.31. The molecule has 1 aromatic heterocycles. The monoisotopic (exact) mass is 296 g/mol. The van der Waals surface area contributed by atoms with Gasteiger partial charge in [0.25, 0.3) is 0 Å². The third-order valence-electron chi connectivity index (χ3n) is 3.57. The van der Waals surface area contributed by atoms with Gasteiger partial charge in [0, 0.05) is 25.4 Å². The summed E-state index contributed by atoms with van der Waals surface area (Å²) in [7, 11) is 0. The molecule has 0 bridgehead atoms. The van der Waals surface area contributed by atoms with Gasteiger partial charge in [-0.3, -0.25) is 4.79 Å². The van der Waals surface area contributed by atoms with E-state index >= 15 is 0 Å². The summed E-state index contributed by atoms with van der Waals surface area (Å²) in [6.07, 6.45) is 0.775. The quantitative estimate of drug-likeness (QED) is 0.832. The van der Waals surface area contributed by atoms with Crippen molar-refractivity contribution >= 4 is 22.6 Å². The summed E-state index contributed by atoms with van der Waals surface area (Å²) < 4.78 is 0. The van der Waals surface area contributed by atoms with Gasteiger partial charge in [-0.15, -0.1) is 0 Å². The first-order chi connectivity index (χ1) is 10.5. The molecule has 1 amide bonds. The SMILES string of the molecule is CC(=O)NCCCNc1nc2cc(C)c(C)cc2cc1C#N. The van der Waals surface area contributed by atoms with Crippen LogP contribution in [0.15, 0.2) is 18.2 Å². The number of benzene rings is 1. The normalized spacial score (nSPS) is 10.3. The highest BCUT2D eigenvalue weighted by Gasteiger charge is 2.07. The Kier molecular flexibility index (Phi) is 4.95. The number of nitrogens with one attached hydrogen (secondary N) is 2. The molecule has 0 unspecified atom stereocenters. The maximum absolute atomic E-state index is 10.8. The van der Waals surface area contributed by atoms with Crippen LogP contribution in [0.4, 0.5) is 5.82 Å². The maximum atomic E-state index is 10.8. The minimum absolute atomic E-state index is 0.0348. The Hall–Kier alpha value is -2.61. The number of carbonyl (C=O) groups excluding carboxylic acids is 1. The van der Waals surface area contributed by atoms with Crippen molar-refractivity contribution in [1.29, 1.82) is 5.26 Å². The molecular weight excluding hydrogens is 276 g/mol. The van der Waals surface area contributed by atoms with E-state index in [1.165, 1.54) is 18.1 Å². The zero-order chi connectivity index (χ0) is 16.1. The van der Waals surface area contributed by atoms with Gasteiger partial charge in [-0.25, -0.2) is 4.98 Å². The standard InChI is InChI=1S/C17H20N4O/c1-11-7-14-9-15(10-18)17(21-16(14)8-12(11)2)20-6-4-5-19-13(3)22/h7-9H,4-6H2,1-3H3,(H,19,22)(H,20,21). The van der Waals surface area contributed by atoms with E-state index in [4.69, 9.17) is 0 Å². The summed E-state index contributed by atoms with van der Waals surface area (Å²) in [5, 5.41) is 16.2. The van der Waals surface area contributed by atoms with Gasteiger partial charge >= 0.3 is 0 Å². The molecule has 0 saturated heterocycles. The van der Waals surface area contributed by atoms with Crippen molar-refractivity contribution in [1.82, 2.24) is 10.3 Å². The van der Waals surface area contributed by atoms with Crippen molar-refractivity contribution in [3.05, 3.63) is 34.9 Å². The maximum Gasteiger partial charge on any atom is 0.216 e. The number of anilines is 1. The third kappa shape index (κ3) is 3.73. The largest absolute Gasteiger partial charge is 0.369 e. The highest BCUT2D eigenvalue weighted by molar-refractivity contribution is 5.84. The summed E-state index contributed by atoms with van der Waals surface area (Å²) in [6.45, 7) is 6.86. The van der Waals surface area contributed by atoms with E-state index < -0.39 is 0 Å². The smallest absolute Gasteiger partial charge is 0.216 e. The number of pyridine rings is 1. The molecule has 22 heavy (non-hydrogen) atoms. The molecule has 5 heteroatoms. The predicted molar refractivity (Wildman–Crippen MR) is 87.7 cm³/mol. The molecule has 114 valence electrons. The Morgan fingerprint density at radius 3 is 2.64 bits per heavy atom. The second kappa shape index (κ2) is 6.90. The van der Waals surface area contributed by atoms with Crippen molar-refractivity contribution in [3.63, 3.8) is 0 Å². The van der Waals surface area contributed by atoms with Gasteiger partial charge in [0.05, 0.1) is 11.1 Å². The van der Waals surface area contributed by atoms with Crippen molar-refractivity contribution in [2.24, 2.45) is 0 Å². The van der Waals surface area contributed by atoms with Crippen LogP contribution >= 0.6 is 0 Å². The number of rotatable bonds is 5.